The van der Waals surface area contributed by atoms with Crippen LogP contribution in [0.5, 0.6) is 17.2 Å². The number of amides is 1. The van der Waals surface area contributed by atoms with Crippen molar-refractivity contribution in [1.82, 2.24) is 10.3 Å². The number of carbonyl (C=O) groups is 1. The number of benzene rings is 2. The van der Waals surface area contributed by atoms with Crippen molar-refractivity contribution in [3.63, 3.8) is 0 Å². The Bertz CT molecular complexity index is 1290. The number of fused-ring (bicyclic) bond motifs is 1. The second-order valence-corrected chi connectivity index (χ2v) is 9.81. The van der Waals surface area contributed by atoms with Crippen LogP contribution in [-0.4, -0.2) is 40.1 Å². The molecule has 33 heavy (non-hydrogen) atoms. The Morgan fingerprint density at radius 3 is 2.73 bits per heavy atom. The van der Waals surface area contributed by atoms with Crippen LogP contribution in [0.1, 0.15) is 24.9 Å². The zero-order valence-electron chi connectivity index (χ0n) is 18.2. The summed E-state index contributed by atoms with van der Waals surface area (Å²) in [7, 11) is -1.11. The predicted molar refractivity (Wildman–Crippen MR) is 125 cm³/mol. The summed E-state index contributed by atoms with van der Waals surface area (Å²) < 4.78 is 44.5. The third-order valence-electron chi connectivity index (χ3n) is 5.11. The Labute approximate surface area is 195 Å². The van der Waals surface area contributed by atoms with Gasteiger partial charge in [-0.15, -0.1) is 11.3 Å². The van der Waals surface area contributed by atoms with E-state index in [1.165, 1.54) is 33.3 Å². The number of ether oxygens (including phenoxy) is 3. The van der Waals surface area contributed by atoms with Gasteiger partial charge in [0.25, 0.3) is 10.0 Å². The van der Waals surface area contributed by atoms with Crippen molar-refractivity contribution in [2.75, 3.05) is 25.5 Å². The molecule has 0 bridgehead atoms. The SMILES string of the molecule is COc1ccc(OC)c(S(=O)(=O)Nc2nc(-c3ccc4c(c3)C(NC(C)=O)CCO4)cs2)c1. The maximum atomic E-state index is 13.0. The number of sulfonamides is 1. The van der Waals surface area contributed by atoms with E-state index < -0.39 is 10.0 Å². The number of hydrogen-bond donors (Lipinski definition) is 2. The summed E-state index contributed by atoms with van der Waals surface area (Å²) >= 11 is 1.16. The molecule has 1 unspecified atom stereocenters. The van der Waals surface area contributed by atoms with Crippen LogP contribution in [0.4, 0.5) is 5.13 Å². The van der Waals surface area contributed by atoms with Gasteiger partial charge in [-0.2, -0.15) is 0 Å². The molecule has 0 saturated carbocycles. The minimum atomic E-state index is -3.97. The lowest BCUT2D eigenvalue weighted by molar-refractivity contribution is -0.119. The Balaban J connectivity index is 1.61. The van der Waals surface area contributed by atoms with Gasteiger partial charge in [0, 0.05) is 35.9 Å². The smallest absolute Gasteiger partial charge is 0.267 e. The first-order chi connectivity index (χ1) is 15.8. The van der Waals surface area contributed by atoms with E-state index in [9.17, 15) is 13.2 Å². The van der Waals surface area contributed by atoms with Gasteiger partial charge in [-0.3, -0.25) is 9.52 Å². The highest BCUT2D eigenvalue weighted by Crippen LogP contribution is 2.37. The average molecular weight is 490 g/mol. The molecule has 2 heterocycles. The Hall–Kier alpha value is -3.31. The highest BCUT2D eigenvalue weighted by molar-refractivity contribution is 7.93. The third kappa shape index (κ3) is 4.88. The van der Waals surface area contributed by atoms with E-state index in [1.54, 1.807) is 11.4 Å². The number of anilines is 1. The molecule has 11 heteroatoms. The standard InChI is InChI=1S/C22H23N3O6S2/c1-13(26)23-17-8-9-31-19-6-4-14(10-16(17)19)18-12-32-22(24-18)25-33(27,28)21-11-15(29-2)5-7-20(21)30-3/h4-7,10-12,17H,8-9H2,1-3H3,(H,23,26)(H,24,25). The van der Waals surface area contributed by atoms with E-state index in [0.29, 0.717) is 30.2 Å². The van der Waals surface area contributed by atoms with Crippen LogP contribution < -0.4 is 24.2 Å². The van der Waals surface area contributed by atoms with Crippen LogP contribution in [0, 0.1) is 0 Å². The molecule has 0 spiro atoms. The fourth-order valence-corrected chi connectivity index (χ4v) is 5.72. The monoisotopic (exact) mass is 489 g/mol. The summed E-state index contributed by atoms with van der Waals surface area (Å²) in [6, 6.07) is 9.99. The van der Waals surface area contributed by atoms with E-state index in [4.69, 9.17) is 14.2 Å². The fraction of sp³-hybridized carbons (Fsp3) is 0.273. The molecule has 2 N–H and O–H groups in total. The number of nitrogens with zero attached hydrogens (tertiary/aromatic N) is 1. The van der Waals surface area contributed by atoms with E-state index in [-0.39, 0.29) is 27.7 Å². The molecule has 2 aromatic carbocycles. The molecule has 0 aliphatic carbocycles. The van der Waals surface area contributed by atoms with Crippen molar-refractivity contribution in [3.8, 4) is 28.5 Å². The van der Waals surface area contributed by atoms with E-state index in [2.05, 4.69) is 15.0 Å². The van der Waals surface area contributed by atoms with Gasteiger partial charge in [0.1, 0.15) is 22.1 Å². The number of thiazole rings is 1. The van der Waals surface area contributed by atoms with Crippen LogP contribution >= 0.6 is 11.3 Å². The third-order valence-corrected chi connectivity index (χ3v) is 7.36. The number of carbonyl (C=O) groups excluding carboxylic acids is 1. The van der Waals surface area contributed by atoms with Crippen LogP contribution in [0.2, 0.25) is 0 Å². The highest BCUT2D eigenvalue weighted by Gasteiger charge is 2.24. The summed E-state index contributed by atoms with van der Waals surface area (Å²) in [4.78, 5) is 16.0. The maximum Gasteiger partial charge on any atom is 0.267 e. The molecule has 1 atom stereocenters. The van der Waals surface area contributed by atoms with Gasteiger partial charge in [0.05, 0.1) is 32.6 Å². The average Bonchev–Trinajstić information content (AvgIpc) is 3.26. The fourth-order valence-electron chi connectivity index (χ4n) is 3.57. The molecule has 174 valence electrons. The molecule has 1 aliphatic heterocycles. The van der Waals surface area contributed by atoms with E-state index in [1.807, 2.05) is 18.2 Å². The molecular formula is C22H23N3O6S2. The van der Waals surface area contributed by atoms with Gasteiger partial charge in [-0.25, -0.2) is 13.4 Å². The minimum absolute atomic E-state index is 0.0508. The van der Waals surface area contributed by atoms with Crippen LogP contribution in [0.25, 0.3) is 11.3 Å². The topological polar surface area (TPSA) is 116 Å². The van der Waals surface area contributed by atoms with Crippen molar-refractivity contribution in [1.29, 1.82) is 0 Å². The lowest BCUT2D eigenvalue weighted by atomic mass is 9.97. The molecule has 0 radical (unpaired) electrons. The van der Waals surface area contributed by atoms with Gasteiger partial charge in [0.2, 0.25) is 5.91 Å². The summed E-state index contributed by atoms with van der Waals surface area (Å²) in [6.45, 7) is 2.00. The Morgan fingerprint density at radius 2 is 2.00 bits per heavy atom. The van der Waals surface area contributed by atoms with Gasteiger partial charge in [-0.05, 0) is 30.3 Å². The lowest BCUT2D eigenvalue weighted by Gasteiger charge is -2.26. The maximum absolute atomic E-state index is 13.0. The summed E-state index contributed by atoms with van der Waals surface area (Å²) in [5, 5.41) is 4.91. The quantitative estimate of drug-likeness (QED) is 0.521. The van der Waals surface area contributed by atoms with Crippen LogP contribution in [0.3, 0.4) is 0 Å². The summed E-state index contributed by atoms with van der Waals surface area (Å²) in [6.07, 6.45) is 0.667. The zero-order valence-corrected chi connectivity index (χ0v) is 19.9. The number of rotatable bonds is 7. The van der Waals surface area contributed by atoms with E-state index >= 15 is 0 Å². The largest absolute Gasteiger partial charge is 0.497 e. The van der Waals surface area contributed by atoms with Crippen LogP contribution in [0.15, 0.2) is 46.7 Å². The number of aromatic nitrogens is 1. The van der Waals surface area contributed by atoms with Crippen LogP contribution in [-0.2, 0) is 14.8 Å². The molecule has 1 aliphatic rings. The molecule has 1 aromatic heterocycles. The minimum Gasteiger partial charge on any atom is -0.497 e. The van der Waals surface area contributed by atoms with Gasteiger partial charge >= 0.3 is 0 Å². The zero-order chi connectivity index (χ0) is 23.6. The number of hydrogen-bond acceptors (Lipinski definition) is 8. The second-order valence-electron chi connectivity index (χ2n) is 7.30. The molecule has 3 aromatic rings. The lowest BCUT2D eigenvalue weighted by Crippen LogP contribution is -2.30. The van der Waals surface area contributed by atoms with Crippen molar-refractivity contribution >= 4 is 32.4 Å². The number of nitrogens with one attached hydrogen (secondary N) is 2. The Morgan fingerprint density at radius 1 is 1.18 bits per heavy atom. The molecule has 0 fully saturated rings. The second kappa shape index (κ2) is 9.28. The van der Waals surface area contributed by atoms with Crippen molar-refractivity contribution in [3.05, 3.63) is 47.3 Å². The molecule has 0 saturated heterocycles. The van der Waals surface area contributed by atoms with E-state index in [0.717, 1.165) is 22.5 Å². The first kappa shape index (κ1) is 22.9. The molecule has 4 rings (SSSR count). The van der Waals surface area contributed by atoms with Gasteiger partial charge < -0.3 is 19.5 Å². The highest BCUT2D eigenvalue weighted by atomic mass is 32.2. The summed E-state index contributed by atoms with van der Waals surface area (Å²) in [5.74, 6) is 1.18. The van der Waals surface area contributed by atoms with Crippen molar-refractivity contribution in [2.45, 2.75) is 24.3 Å². The molecule has 9 nitrogen and oxygen atoms in total. The van der Waals surface area contributed by atoms with Crippen molar-refractivity contribution in [2.24, 2.45) is 0 Å². The molecule has 1 amide bonds. The van der Waals surface area contributed by atoms with Crippen molar-refractivity contribution < 1.29 is 27.4 Å². The van der Waals surface area contributed by atoms with Gasteiger partial charge in [0.15, 0.2) is 5.13 Å². The van der Waals surface area contributed by atoms with Gasteiger partial charge in [-0.1, -0.05) is 0 Å². The number of methoxy groups -OCH3 is 2. The summed E-state index contributed by atoms with van der Waals surface area (Å²) in [5.41, 5.74) is 2.26. The predicted octanol–water partition coefficient (Wildman–Crippen LogP) is 3.59. The normalized spacial score (nSPS) is 15.2. The first-order valence-electron chi connectivity index (χ1n) is 10.1. The molecular weight excluding hydrogens is 466 g/mol. The first-order valence-corrected chi connectivity index (χ1v) is 12.4. The Kier molecular flexibility index (Phi) is 6.43.